The van der Waals surface area contributed by atoms with Gasteiger partial charge in [-0.3, -0.25) is 9.59 Å². The molecule has 0 spiro atoms. The number of nitrogens with one attached hydrogen (secondary N) is 1. The molecule has 0 heterocycles. The van der Waals surface area contributed by atoms with Crippen LogP contribution >= 0.6 is 0 Å². The van der Waals surface area contributed by atoms with E-state index in [0.29, 0.717) is 37.1 Å². The molecule has 5 heteroatoms. The first-order valence-electron chi connectivity index (χ1n) is 10.5. The summed E-state index contributed by atoms with van der Waals surface area (Å²) in [5.74, 6) is 1.52. The maximum atomic E-state index is 12.0. The topological polar surface area (TPSA) is 81.4 Å². The molecule has 1 rings (SSSR count). The molecule has 26 heavy (non-hydrogen) atoms. The summed E-state index contributed by atoms with van der Waals surface area (Å²) >= 11 is 0. The number of hydrogen-bond donors (Lipinski definition) is 2. The van der Waals surface area contributed by atoms with Gasteiger partial charge in [-0.2, -0.15) is 0 Å². The molecule has 1 saturated carbocycles. The van der Waals surface area contributed by atoms with Crippen molar-refractivity contribution in [1.29, 1.82) is 0 Å². The van der Waals surface area contributed by atoms with Crippen LogP contribution in [-0.4, -0.2) is 31.6 Å². The minimum absolute atomic E-state index is 0.0403. The largest absolute Gasteiger partial charge is 0.462 e. The molecule has 1 aliphatic rings. The number of carbonyl (C=O) groups excluding carboxylic acids is 2. The van der Waals surface area contributed by atoms with Crippen molar-refractivity contribution in [3.8, 4) is 0 Å². The average molecular weight is 371 g/mol. The molecule has 0 aromatic rings. The Bertz CT molecular complexity index is 385. The van der Waals surface area contributed by atoms with E-state index in [-0.39, 0.29) is 18.0 Å². The smallest absolute Gasteiger partial charge is 0.306 e. The van der Waals surface area contributed by atoms with Gasteiger partial charge in [-0.05, 0) is 56.4 Å². The van der Waals surface area contributed by atoms with E-state index in [2.05, 4.69) is 26.1 Å². The molecular formula is C21H42N2O3. The number of esters is 1. The summed E-state index contributed by atoms with van der Waals surface area (Å²) in [6.07, 6.45) is 9.01. The van der Waals surface area contributed by atoms with Crippen LogP contribution in [0.25, 0.3) is 0 Å². The number of amides is 1. The van der Waals surface area contributed by atoms with Crippen LogP contribution in [0.1, 0.15) is 85.5 Å². The molecule has 0 aromatic carbocycles. The van der Waals surface area contributed by atoms with Gasteiger partial charge in [0.15, 0.2) is 0 Å². The SMILES string of the molecule is CCCC(=O)NC.CCC[C@@H](CN)CC(=O)O[C@@H]1CCCCC1C(C)C. The summed E-state index contributed by atoms with van der Waals surface area (Å²) in [6.45, 7) is 9.16. The van der Waals surface area contributed by atoms with Gasteiger partial charge in [0.2, 0.25) is 5.91 Å². The highest BCUT2D eigenvalue weighted by molar-refractivity contribution is 5.75. The number of ether oxygens (including phenoxy) is 1. The highest BCUT2D eigenvalue weighted by Gasteiger charge is 2.30. The summed E-state index contributed by atoms with van der Waals surface area (Å²) in [6, 6.07) is 0. The molecule has 0 radical (unpaired) electrons. The monoisotopic (exact) mass is 370 g/mol. The van der Waals surface area contributed by atoms with Crippen molar-refractivity contribution in [2.24, 2.45) is 23.5 Å². The molecule has 0 aliphatic heterocycles. The molecule has 0 bridgehead atoms. The summed E-state index contributed by atoms with van der Waals surface area (Å²) in [4.78, 5) is 22.3. The van der Waals surface area contributed by atoms with E-state index in [0.717, 1.165) is 25.7 Å². The standard InChI is InChI=1S/C16H31NO2.C5H11NO/c1-4-7-13(11-17)10-16(18)19-15-9-6-5-8-14(15)12(2)3;1-3-4-5(7)6-2/h12-15H,4-11,17H2,1-3H3;3-4H2,1-2H3,(H,6,7)/t13-,14?,15-;/m1./s1. The van der Waals surface area contributed by atoms with E-state index >= 15 is 0 Å². The minimum atomic E-state index is -0.0403. The van der Waals surface area contributed by atoms with E-state index < -0.39 is 0 Å². The Labute approximate surface area is 160 Å². The highest BCUT2D eigenvalue weighted by Crippen LogP contribution is 2.32. The van der Waals surface area contributed by atoms with Crippen LogP contribution in [0.2, 0.25) is 0 Å². The van der Waals surface area contributed by atoms with Crippen LogP contribution in [0.3, 0.4) is 0 Å². The second-order valence-electron chi connectivity index (χ2n) is 7.74. The van der Waals surface area contributed by atoms with Gasteiger partial charge in [0.05, 0.1) is 0 Å². The Morgan fingerprint density at radius 1 is 1.15 bits per heavy atom. The van der Waals surface area contributed by atoms with Crippen LogP contribution in [0, 0.1) is 17.8 Å². The zero-order valence-electron chi connectivity index (χ0n) is 17.7. The number of rotatable bonds is 9. The average Bonchev–Trinajstić information content (AvgIpc) is 2.62. The fraction of sp³-hybridized carbons (Fsp3) is 0.905. The van der Waals surface area contributed by atoms with Gasteiger partial charge in [-0.1, -0.05) is 40.5 Å². The predicted molar refractivity (Wildman–Crippen MR) is 108 cm³/mol. The molecule has 1 amide bonds. The number of carbonyl (C=O) groups is 2. The van der Waals surface area contributed by atoms with Gasteiger partial charge < -0.3 is 15.8 Å². The van der Waals surface area contributed by atoms with Crippen molar-refractivity contribution >= 4 is 11.9 Å². The van der Waals surface area contributed by atoms with E-state index in [4.69, 9.17) is 10.5 Å². The number of nitrogens with two attached hydrogens (primary N) is 1. The second kappa shape index (κ2) is 15.0. The Morgan fingerprint density at radius 3 is 2.27 bits per heavy atom. The van der Waals surface area contributed by atoms with Gasteiger partial charge in [0, 0.05) is 19.9 Å². The van der Waals surface area contributed by atoms with Gasteiger partial charge in [0.25, 0.3) is 0 Å². The normalized spacial score (nSPS) is 20.7. The van der Waals surface area contributed by atoms with Gasteiger partial charge >= 0.3 is 5.97 Å². The summed E-state index contributed by atoms with van der Waals surface area (Å²) in [5.41, 5.74) is 5.71. The fourth-order valence-corrected chi connectivity index (χ4v) is 3.55. The molecule has 0 saturated heterocycles. The second-order valence-corrected chi connectivity index (χ2v) is 7.74. The van der Waals surface area contributed by atoms with Crippen molar-refractivity contribution in [3.63, 3.8) is 0 Å². The van der Waals surface area contributed by atoms with Crippen molar-refractivity contribution in [3.05, 3.63) is 0 Å². The van der Waals surface area contributed by atoms with Crippen LogP contribution < -0.4 is 11.1 Å². The summed E-state index contributed by atoms with van der Waals surface area (Å²) < 4.78 is 5.75. The van der Waals surface area contributed by atoms with Gasteiger partial charge in [0.1, 0.15) is 6.10 Å². The van der Waals surface area contributed by atoms with Crippen molar-refractivity contribution in [2.75, 3.05) is 13.6 Å². The van der Waals surface area contributed by atoms with Crippen LogP contribution in [-0.2, 0) is 14.3 Å². The van der Waals surface area contributed by atoms with Crippen LogP contribution in [0.4, 0.5) is 0 Å². The van der Waals surface area contributed by atoms with Crippen LogP contribution in [0.15, 0.2) is 0 Å². The molecule has 1 aliphatic carbocycles. The summed E-state index contributed by atoms with van der Waals surface area (Å²) in [5, 5.41) is 2.53. The molecular weight excluding hydrogens is 328 g/mol. The molecule has 154 valence electrons. The lowest BCUT2D eigenvalue weighted by molar-refractivity contribution is -0.156. The number of hydrogen-bond acceptors (Lipinski definition) is 4. The lowest BCUT2D eigenvalue weighted by Crippen LogP contribution is -2.34. The van der Waals surface area contributed by atoms with Crippen molar-refractivity contribution < 1.29 is 14.3 Å². The molecule has 5 nitrogen and oxygen atoms in total. The predicted octanol–water partition coefficient (Wildman–Crippen LogP) is 4.04. The highest BCUT2D eigenvalue weighted by atomic mass is 16.5. The van der Waals surface area contributed by atoms with E-state index in [1.165, 1.54) is 19.3 Å². The van der Waals surface area contributed by atoms with Gasteiger partial charge in [-0.25, -0.2) is 0 Å². The Balaban J connectivity index is 0.000000758. The fourth-order valence-electron chi connectivity index (χ4n) is 3.55. The van der Waals surface area contributed by atoms with Gasteiger partial charge in [-0.15, -0.1) is 0 Å². The Hall–Kier alpha value is -1.10. The lowest BCUT2D eigenvalue weighted by Gasteiger charge is -2.34. The Kier molecular flexibility index (Phi) is 14.4. The Morgan fingerprint density at radius 2 is 1.81 bits per heavy atom. The van der Waals surface area contributed by atoms with Crippen LogP contribution in [0.5, 0.6) is 0 Å². The third-order valence-electron chi connectivity index (χ3n) is 5.13. The minimum Gasteiger partial charge on any atom is -0.462 e. The first-order valence-corrected chi connectivity index (χ1v) is 10.5. The zero-order valence-corrected chi connectivity index (χ0v) is 17.7. The lowest BCUT2D eigenvalue weighted by atomic mass is 9.79. The van der Waals surface area contributed by atoms with E-state index in [9.17, 15) is 9.59 Å². The molecule has 1 unspecified atom stereocenters. The zero-order chi connectivity index (χ0) is 19.9. The van der Waals surface area contributed by atoms with Crippen molar-refractivity contribution in [2.45, 2.75) is 91.6 Å². The maximum absolute atomic E-state index is 12.0. The molecule has 0 aromatic heterocycles. The first kappa shape index (κ1) is 24.9. The van der Waals surface area contributed by atoms with Crippen molar-refractivity contribution in [1.82, 2.24) is 5.32 Å². The molecule has 1 fully saturated rings. The van der Waals surface area contributed by atoms with E-state index in [1.807, 2.05) is 6.92 Å². The molecule has 3 N–H and O–H groups in total. The summed E-state index contributed by atoms with van der Waals surface area (Å²) in [7, 11) is 1.65. The first-order chi connectivity index (χ1) is 12.4. The maximum Gasteiger partial charge on any atom is 0.306 e. The molecule has 3 atom stereocenters. The van der Waals surface area contributed by atoms with E-state index in [1.54, 1.807) is 7.05 Å². The third kappa shape index (κ3) is 10.8. The third-order valence-corrected chi connectivity index (χ3v) is 5.13. The quantitative estimate of drug-likeness (QED) is 0.600.